The van der Waals surface area contributed by atoms with Crippen molar-refractivity contribution >= 4 is 0 Å². The summed E-state index contributed by atoms with van der Waals surface area (Å²) in [5.74, 6) is 0. The van der Waals surface area contributed by atoms with Gasteiger partial charge in [0.25, 0.3) is 0 Å². The predicted molar refractivity (Wildman–Crippen MR) is 36.1 cm³/mol. The molecule has 3 atom stereocenters. The average molecular weight is 160 g/mol. The van der Waals surface area contributed by atoms with Gasteiger partial charge in [-0.05, 0) is 0 Å². The Morgan fingerprint density at radius 3 is 2.73 bits per heavy atom. The Bertz CT molecular complexity index is 153. The van der Waals surface area contributed by atoms with Crippen molar-refractivity contribution < 1.29 is 19.7 Å². The lowest BCUT2D eigenvalue weighted by Crippen LogP contribution is -2.58. The van der Waals surface area contributed by atoms with Gasteiger partial charge in [-0.1, -0.05) is 0 Å². The molecule has 0 bridgehead atoms. The van der Waals surface area contributed by atoms with Crippen LogP contribution in [0.25, 0.3) is 0 Å². The third-order valence-corrected chi connectivity index (χ3v) is 2.41. The Morgan fingerprint density at radius 1 is 1.55 bits per heavy atom. The van der Waals surface area contributed by atoms with E-state index in [9.17, 15) is 5.11 Å². The summed E-state index contributed by atoms with van der Waals surface area (Å²) in [6.07, 6.45) is 0.113. The lowest BCUT2D eigenvalue weighted by Gasteiger charge is -2.45. The zero-order valence-electron chi connectivity index (χ0n) is 6.19. The van der Waals surface area contributed by atoms with Crippen LogP contribution in [0.15, 0.2) is 0 Å². The number of rotatable bonds is 1. The minimum absolute atomic E-state index is 0.0362. The van der Waals surface area contributed by atoms with Crippen molar-refractivity contribution in [3.8, 4) is 0 Å². The molecule has 2 rings (SSSR count). The molecule has 0 aliphatic carbocycles. The summed E-state index contributed by atoms with van der Waals surface area (Å²) in [4.78, 5) is 0. The zero-order valence-corrected chi connectivity index (χ0v) is 6.19. The molecule has 0 radical (unpaired) electrons. The minimum atomic E-state index is -0.509. The second-order valence-electron chi connectivity index (χ2n) is 3.22. The van der Waals surface area contributed by atoms with Crippen LogP contribution in [0, 0.1) is 0 Å². The van der Waals surface area contributed by atoms with Crippen molar-refractivity contribution in [3.05, 3.63) is 0 Å². The van der Waals surface area contributed by atoms with Gasteiger partial charge in [0.2, 0.25) is 0 Å². The third-order valence-electron chi connectivity index (χ3n) is 2.41. The number of hydrogen-bond acceptors (Lipinski definition) is 4. The third kappa shape index (κ3) is 0.980. The van der Waals surface area contributed by atoms with Gasteiger partial charge in [-0.3, -0.25) is 0 Å². The Morgan fingerprint density at radius 2 is 2.27 bits per heavy atom. The second kappa shape index (κ2) is 2.42. The molecule has 2 N–H and O–H groups in total. The van der Waals surface area contributed by atoms with E-state index in [2.05, 4.69) is 0 Å². The molecule has 0 aromatic rings. The highest BCUT2D eigenvalue weighted by atomic mass is 16.6. The van der Waals surface area contributed by atoms with E-state index >= 15 is 0 Å². The van der Waals surface area contributed by atoms with Crippen LogP contribution in [0.3, 0.4) is 0 Å². The number of aliphatic hydroxyl groups is 2. The van der Waals surface area contributed by atoms with Gasteiger partial charge in [0.1, 0.15) is 11.7 Å². The molecule has 2 fully saturated rings. The SMILES string of the molecule is OCC1CC2(COCC2O)O1. The molecular formula is C7H12O4. The van der Waals surface area contributed by atoms with E-state index in [1.165, 1.54) is 0 Å². The van der Waals surface area contributed by atoms with Crippen LogP contribution < -0.4 is 0 Å². The Balaban J connectivity index is 1.94. The van der Waals surface area contributed by atoms with Crippen molar-refractivity contribution in [2.75, 3.05) is 19.8 Å². The van der Waals surface area contributed by atoms with Gasteiger partial charge in [-0.25, -0.2) is 0 Å². The normalized spacial score (nSPS) is 49.6. The summed E-state index contributed by atoms with van der Waals surface area (Å²) in [6.45, 7) is 0.858. The van der Waals surface area contributed by atoms with Gasteiger partial charge in [0.15, 0.2) is 0 Å². The first-order chi connectivity index (χ1) is 5.27. The van der Waals surface area contributed by atoms with Crippen LogP contribution in [0.5, 0.6) is 0 Å². The van der Waals surface area contributed by atoms with Crippen molar-refractivity contribution in [2.24, 2.45) is 0 Å². The lowest BCUT2D eigenvalue weighted by molar-refractivity contribution is -0.243. The molecule has 64 valence electrons. The maximum Gasteiger partial charge on any atom is 0.122 e. The fraction of sp³-hybridized carbons (Fsp3) is 1.00. The summed E-state index contributed by atoms with van der Waals surface area (Å²) >= 11 is 0. The maximum atomic E-state index is 9.38. The van der Waals surface area contributed by atoms with Gasteiger partial charge in [-0.15, -0.1) is 0 Å². The fourth-order valence-electron chi connectivity index (χ4n) is 1.71. The largest absolute Gasteiger partial charge is 0.394 e. The Kier molecular flexibility index (Phi) is 1.64. The highest BCUT2D eigenvalue weighted by molar-refractivity contribution is 5.01. The quantitative estimate of drug-likeness (QED) is 0.511. The van der Waals surface area contributed by atoms with Crippen LogP contribution in [0.4, 0.5) is 0 Å². The molecule has 2 saturated heterocycles. The van der Waals surface area contributed by atoms with E-state index < -0.39 is 11.7 Å². The van der Waals surface area contributed by atoms with Crippen molar-refractivity contribution in [2.45, 2.75) is 24.2 Å². The average Bonchev–Trinajstić information content (AvgIpc) is 2.27. The van der Waals surface area contributed by atoms with Crippen LogP contribution in [0.1, 0.15) is 6.42 Å². The molecule has 0 saturated carbocycles. The second-order valence-corrected chi connectivity index (χ2v) is 3.22. The first kappa shape index (κ1) is 7.49. The molecule has 11 heavy (non-hydrogen) atoms. The number of hydrogen-bond donors (Lipinski definition) is 2. The summed E-state index contributed by atoms with van der Waals surface area (Å²) in [5, 5.41) is 18.0. The van der Waals surface area contributed by atoms with E-state index in [4.69, 9.17) is 14.6 Å². The van der Waals surface area contributed by atoms with E-state index in [-0.39, 0.29) is 12.7 Å². The van der Waals surface area contributed by atoms with Gasteiger partial charge in [-0.2, -0.15) is 0 Å². The zero-order chi connectivity index (χ0) is 7.90. The topological polar surface area (TPSA) is 58.9 Å². The monoisotopic (exact) mass is 160 g/mol. The summed E-state index contributed by atoms with van der Waals surface area (Å²) in [7, 11) is 0. The Labute approximate surface area is 64.7 Å². The first-order valence-electron chi connectivity index (χ1n) is 3.81. The van der Waals surface area contributed by atoms with Crippen LogP contribution >= 0.6 is 0 Å². The molecule has 0 amide bonds. The van der Waals surface area contributed by atoms with E-state index in [0.717, 1.165) is 0 Å². The standard InChI is InChI=1S/C7H12O4/c8-2-5-1-7(11-5)4-10-3-6(7)9/h5-6,8-9H,1-4H2. The molecular weight excluding hydrogens is 148 g/mol. The Hall–Kier alpha value is -0.160. The van der Waals surface area contributed by atoms with E-state index in [1.807, 2.05) is 0 Å². The highest BCUT2D eigenvalue weighted by Gasteiger charge is 2.54. The van der Waals surface area contributed by atoms with Crippen molar-refractivity contribution in [3.63, 3.8) is 0 Å². The van der Waals surface area contributed by atoms with Crippen molar-refractivity contribution in [1.82, 2.24) is 0 Å². The van der Waals surface area contributed by atoms with Crippen LogP contribution in [-0.4, -0.2) is 47.8 Å². The predicted octanol–water partition coefficient (Wildman–Crippen LogP) is -1.10. The highest BCUT2D eigenvalue weighted by Crippen LogP contribution is 2.39. The summed E-state index contributed by atoms with van der Waals surface area (Å²) in [5.41, 5.74) is -0.479. The number of ether oxygens (including phenoxy) is 2. The molecule has 0 aromatic carbocycles. The van der Waals surface area contributed by atoms with Crippen LogP contribution in [-0.2, 0) is 9.47 Å². The minimum Gasteiger partial charge on any atom is -0.394 e. The lowest BCUT2D eigenvalue weighted by atomic mass is 9.86. The molecule has 0 aromatic heterocycles. The molecule has 3 unspecified atom stereocenters. The van der Waals surface area contributed by atoms with Crippen molar-refractivity contribution in [1.29, 1.82) is 0 Å². The fourth-order valence-corrected chi connectivity index (χ4v) is 1.71. The molecule has 2 aliphatic heterocycles. The van der Waals surface area contributed by atoms with E-state index in [0.29, 0.717) is 19.6 Å². The summed E-state index contributed by atoms with van der Waals surface area (Å²) in [6, 6.07) is 0. The smallest absolute Gasteiger partial charge is 0.122 e. The molecule has 1 spiro atoms. The summed E-state index contributed by atoms with van der Waals surface area (Å²) < 4.78 is 10.4. The molecule has 4 nitrogen and oxygen atoms in total. The molecule has 2 heterocycles. The van der Waals surface area contributed by atoms with Gasteiger partial charge >= 0.3 is 0 Å². The first-order valence-corrected chi connectivity index (χ1v) is 3.81. The van der Waals surface area contributed by atoms with Crippen LogP contribution in [0.2, 0.25) is 0 Å². The molecule has 4 heteroatoms. The van der Waals surface area contributed by atoms with Gasteiger partial charge < -0.3 is 19.7 Å². The molecule has 2 aliphatic rings. The maximum absolute atomic E-state index is 9.38. The van der Waals surface area contributed by atoms with Gasteiger partial charge in [0, 0.05) is 6.42 Å². The van der Waals surface area contributed by atoms with Gasteiger partial charge in [0.05, 0.1) is 25.9 Å². The number of aliphatic hydroxyl groups excluding tert-OH is 2. The van der Waals surface area contributed by atoms with E-state index in [1.54, 1.807) is 0 Å².